The number of carbonyl (C=O) groups excluding carboxylic acids is 2. The van der Waals surface area contributed by atoms with Gasteiger partial charge < -0.3 is 49.1 Å². The van der Waals surface area contributed by atoms with E-state index in [1.165, 1.54) is 40.8 Å². The standard InChI is InChI=1S/C66H71F2N11O11S/c1-8-48-52(67)17-13-41-26-46(80)29-50(58(41)48)60-59(68)61-51(32-70-60)63(78-35-44-14-15-45(36-78)71-44)73-65(72-61)89-37-66(19-10-21-76(66)5)64(82)69-20-22-86-23-24-88-47-16-18-56-54(30-47)90-39(4)33-79(91(56,83)84)34-43-25-40(12-11-38(43)3)49(31-57(81)87-9-2)42-27-53-62(55(28-42)85-7)77(6)75-74-53/h1,11-13,16-18,25-30,32,39,44-45,49,71,80H,9-10,14-15,19-24,31,33-37H2,2-7H3,(H,69,82)/t39-,44-,45+,49?,66-/m1/s1. The lowest BCUT2D eigenvalue weighted by Crippen LogP contribution is -2.58. The number of aryl methyl sites for hydroxylation is 2. The zero-order valence-electron chi connectivity index (χ0n) is 51.4. The molecule has 25 heteroatoms. The molecule has 8 aromatic rings. The highest BCUT2D eigenvalue weighted by molar-refractivity contribution is 7.89. The second-order valence-electron chi connectivity index (χ2n) is 23.7. The highest BCUT2D eigenvalue weighted by Gasteiger charge is 2.47. The second-order valence-corrected chi connectivity index (χ2v) is 25.6. The number of aromatic nitrogens is 6. The Morgan fingerprint density at radius 2 is 1.79 bits per heavy atom. The number of nitrogens with zero attached hydrogens (tertiary/aromatic N) is 9. The molecule has 22 nitrogen and oxygen atoms in total. The maximum atomic E-state index is 17.3. The number of sulfonamides is 1. The number of likely N-dealkylation sites (N-methyl/N-ethyl adjacent to an activating group) is 1. The molecule has 3 fully saturated rings. The number of aromatic hydroxyl groups is 1. The van der Waals surface area contributed by atoms with Crippen molar-refractivity contribution in [3.63, 3.8) is 0 Å². The number of pyridine rings is 1. The topological polar surface area (TPSA) is 247 Å². The Labute approximate surface area is 525 Å². The van der Waals surface area contributed by atoms with Crippen molar-refractivity contribution in [3.8, 4) is 52.6 Å². The third-order valence-corrected chi connectivity index (χ3v) is 19.6. The number of hydrogen-bond donors (Lipinski definition) is 3. The SMILES string of the molecule is C#Cc1c(F)ccc2cc(O)cc(-c3ncc4c(N5C[C@H]6CC[C@@H](C5)N6)nc(OC[C@@]5(C(=O)NCCOCCOc6ccc7c(c6)O[C@H](C)CN(Cc6cc(C(CC(=O)OCC)c8cc(OC)c9c(c8)nnn9C)ccc6C)S7(=O)=O)CCCN5C)nc4c3F)c12. The van der Waals surface area contributed by atoms with Gasteiger partial charge in [0.2, 0.25) is 15.9 Å². The smallest absolute Gasteiger partial charge is 0.319 e. The third-order valence-electron chi connectivity index (χ3n) is 17.7. The third kappa shape index (κ3) is 12.3. The molecule has 3 N–H and O–H groups in total. The van der Waals surface area contributed by atoms with Gasteiger partial charge in [0.05, 0.1) is 50.8 Å². The normalized spacial score (nSPS) is 20.0. The zero-order valence-corrected chi connectivity index (χ0v) is 52.2. The minimum Gasteiger partial charge on any atom is -0.508 e. The number of benzene rings is 5. The van der Waals surface area contributed by atoms with Crippen molar-refractivity contribution in [3.05, 3.63) is 118 Å². The number of methoxy groups -OCH3 is 1. The van der Waals surface area contributed by atoms with Gasteiger partial charge in [-0.15, -0.1) is 11.5 Å². The molecule has 0 saturated carbocycles. The fraction of sp³-hybridized carbons (Fsp3) is 0.409. The number of phenolic OH excluding ortho intramolecular Hbond substituents is 1. The molecule has 5 aromatic carbocycles. The molecule has 91 heavy (non-hydrogen) atoms. The number of phenols is 1. The van der Waals surface area contributed by atoms with E-state index in [-0.39, 0.29) is 127 Å². The number of fused-ring (bicyclic) bond motifs is 6. The number of likely N-dealkylation sites (tertiary alicyclic amines) is 1. The maximum Gasteiger partial charge on any atom is 0.319 e. The van der Waals surface area contributed by atoms with E-state index in [0.29, 0.717) is 71.6 Å². The van der Waals surface area contributed by atoms with Crippen LogP contribution in [0, 0.1) is 30.9 Å². The Hall–Kier alpha value is -8.80. The molecule has 0 radical (unpaired) electrons. The minimum absolute atomic E-state index is 0.0120. The molecule has 476 valence electrons. The highest BCUT2D eigenvalue weighted by atomic mass is 32.2. The Kier molecular flexibility index (Phi) is 17.7. The summed E-state index contributed by atoms with van der Waals surface area (Å²) >= 11 is 0. The van der Waals surface area contributed by atoms with Crippen LogP contribution >= 0.6 is 0 Å². The molecule has 12 rings (SSSR count). The van der Waals surface area contributed by atoms with Crippen LogP contribution in [0.1, 0.15) is 79.7 Å². The van der Waals surface area contributed by atoms with E-state index in [2.05, 4.69) is 41.7 Å². The minimum atomic E-state index is -4.11. The maximum absolute atomic E-state index is 17.3. The number of anilines is 1. The Bertz CT molecular complexity index is 4290. The van der Waals surface area contributed by atoms with Crippen LogP contribution in [0.4, 0.5) is 14.6 Å². The average Bonchev–Trinajstić information content (AvgIpc) is 1.14. The van der Waals surface area contributed by atoms with Gasteiger partial charge in [0.25, 0.3) is 0 Å². The number of piperazine rings is 1. The molecule has 1 amide bonds. The molecule has 3 saturated heterocycles. The van der Waals surface area contributed by atoms with Gasteiger partial charge in [-0.3, -0.25) is 19.5 Å². The molecule has 2 bridgehead atoms. The Morgan fingerprint density at radius 1 is 0.978 bits per heavy atom. The summed E-state index contributed by atoms with van der Waals surface area (Å²) in [5.74, 6) is 0.935. The van der Waals surface area contributed by atoms with Gasteiger partial charge in [-0.2, -0.15) is 14.3 Å². The van der Waals surface area contributed by atoms with Crippen molar-refractivity contribution in [2.24, 2.45) is 7.05 Å². The van der Waals surface area contributed by atoms with Crippen molar-refractivity contribution in [2.45, 2.75) is 94.0 Å². The summed E-state index contributed by atoms with van der Waals surface area (Å²) in [7, 11) is 1.07. The van der Waals surface area contributed by atoms with E-state index in [9.17, 15) is 23.1 Å². The lowest BCUT2D eigenvalue weighted by Gasteiger charge is -2.35. The number of ether oxygens (including phenoxy) is 6. The van der Waals surface area contributed by atoms with Gasteiger partial charge in [-0.25, -0.2) is 21.9 Å². The summed E-state index contributed by atoms with van der Waals surface area (Å²) in [4.78, 5) is 45.4. The number of amides is 1. The molecule has 4 aliphatic heterocycles. The number of esters is 1. The van der Waals surface area contributed by atoms with Crippen molar-refractivity contribution in [2.75, 3.05) is 84.8 Å². The number of terminal acetylenes is 1. The van der Waals surface area contributed by atoms with Crippen LogP contribution in [-0.2, 0) is 42.7 Å². The first-order valence-corrected chi connectivity index (χ1v) is 31.9. The molecule has 1 unspecified atom stereocenters. The van der Waals surface area contributed by atoms with Gasteiger partial charge in [0, 0.05) is 74.4 Å². The Morgan fingerprint density at radius 3 is 2.55 bits per heavy atom. The van der Waals surface area contributed by atoms with Gasteiger partial charge in [0.1, 0.15) is 86.6 Å². The molecule has 5 atom stereocenters. The Balaban J connectivity index is 0.690. The number of rotatable bonds is 21. The van der Waals surface area contributed by atoms with Crippen molar-refractivity contribution < 1.29 is 60.3 Å². The average molecular weight is 1260 g/mol. The van der Waals surface area contributed by atoms with Crippen LogP contribution in [0.3, 0.4) is 0 Å². The summed E-state index contributed by atoms with van der Waals surface area (Å²) in [6, 6.07) is 19.7. The molecule has 4 aliphatic rings. The summed E-state index contributed by atoms with van der Waals surface area (Å²) in [6.45, 7) is 7.93. The van der Waals surface area contributed by atoms with E-state index in [1.807, 2.05) is 49.2 Å². The largest absolute Gasteiger partial charge is 0.508 e. The van der Waals surface area contributed by atoms with Crippen molar-refractivity contribution in [1.82, 2.24) is 49.8 Å². The van der Waals surface area contributed by atoms with Gasteiger partial charge >= 0.3 is 12.0 Å². The van der Waals surface area contributed by atoms with Crippen LogP contribution < -0.4 is 34.5 Å². The summed E-state index contributed by atoms with van der Waals surface area (Å²) < 4.78 is 100. The molecule has 0 aliphatic carbocycles. The van der Waals surface area contributed by atoms with Crippen LogP contribution in [0.15, 0.2) is 83.9 Å². The van der Waals surface area contributed by atoms with E-state index in [4.69, 9.17) is 39.8 Å². The quantitative estimate of drug-likeness (QED) is 0.0359. The molecular formula is C66H71F2N11O11S. The fourth-order valence-electron chi connectivity index (χ4n) is 13.1. The number of hydrogen-bond acceptors (Lipinski definition) is 19. The number of carbonyl (C=O) groups is 2. The first kappa shape index (κ1) is 62.4. The van der Waals surface area contributed by atoms with E-state index in [0.717, 1.165) is 35.1 Å². The summed E-state index contributed by atoms with van der Waals surface area (Å²) in [5.41, 5.74) is 2.94. The first-order chi connectivity index (χ1) is 43.9. The number of halogens is 2. The van der Waals surface area contributed by atoms with Gasteiger partial charge in [-0.05, 0) is 130 Å². The molecular weight excluding hydrogens is 1190 g/mol. The first-order valence-electron chi connectivity index (χ1n) is 30.4. The predicted octanol–water partition coefficient (Wildman–Crippen LogP) is 7.46. The summed E-state index contributed by atoms with van der Waals surface area (Å²) in [6.07, 6.45) is 9.82. The molecule has 3 aromatic heterocycles. The molecule has 7 heterocycles. The van der Waals surface area contributed by atoms with Crippen molar-refractivity contribution >= 4 is 60.4 Å². The highest BCUT2D eigenvalue weighted by Crippen LogP contribution is 2.42. The molecule has 0 spiro atoms. The van der Waals surface area contributed by atoms with Crippen LogP contribution in [0.5, 0.6) is 29.0 Å². The fourth-order valence-corrected chi connectivity index (χ4v) is 14.7. The van der Waals surface area contributed by atoms with E-state index >= 15 is 8.78 Å². The second kappa shape index (κ2) is 25.8. The monoisotopic (exact) mass is 1260 g/mol. The van der Waals surface area contributed by atoms with Crippen molar-refractivity contribution in [1.29, 1.82) is 0 Å². The van der Waals surface area contributed by atoms with E-state index in [1.54, 1.807) is 44.8 Å². The number of nitrogens with one attached hydrogen (secondary N) is 2. The lowest BCUT2D eigenvalue weighted by atomic mass is 9.86. The van der Waals surface area contributed by atoms with Crippen LogP contribution in [0.25, 0.3) is 44.0 Å². The van der Waals surface area contributed by atoms with E-state index < -0.39 is 45.2 Å². The zero-order chi connectivity index (χ0) is 63.9. The predicted molar refractivity (Wildman–Crippen MR) is 335 cm³/mol. The van der Waals surface area contributed by atoms with Crippen LogP contribution in [-0.4, -0.2) is 168 Å². The lowest BCUT2D eigenvalue weighted by molar-refractivity contribution is -0.143. The summed E-state index contributed by atoms with van der Waals surface area (Å²) in [5, 5.41) is 26.8. The van der Waals surface area contributed by atoms with Gasteiger partial charge in [0.15, 0.2) is 5.82 Å². The van der Waals surface area contributed by atoms with Crippen LogP contribution in [0.2, 0.25) is 0 Å². The van der Waals surface area contributed by atoms with Gasteiger partial charge in [-0.1, -0.05) is 35.4 Å².